The zero-order valence-corrected chi connectivity index (χ0v) is 9.15. The van der Waals surface area contributed by atoms with E-state index in [1.807, 2.05) is 18.2 Å². The number of anilines is 2. The van der Waals surface area contributed by atoms with E-state index in [2.05, 4.69) is 18.0 Å². The van der Waals surface area contributed by atoms with E-state index in [9.17, 15) is 0 Å². The zero-order chi connectivity index (χ0) is 10.7. The average molecular weight is 206 g/mol. The zero-order valence-electron chi connectivity index (χ0n) is 9.15. The maximum Gasteiger partial charge on any atom is 0.0512 e. The smallest absolute Gasteiger partial charge is 0.0512 e. The fraction of sp³-hybridized carbons (Fsp3) is 0.500. The predicted molar refractivity (Wildman–Crippen MR) is 63.1 cm³/mol. The first-order chi connectivity index (χ1) is 7.25. The third-order valence-electron chi connectivity index (χ3n) is 2.87. The van der Waals surface area contributed by atoms with Crippen molar-refractivity contribution in [3.05, 3.63) is 24.3 Å². The van der Waals surface area contributed by atoms with Crippen molar-refractivity contribution in [2.24, 2.45) is 5.92 Å². The first-order valence-corrected chi connectivity index (χ1v) is 5.40. The van der Waals surface area contributed by atoms with Gasteiger partial charge in [0.05, 0.1) is 6.61 Å². The standard InChI is InChI=1S/C12H18N2O/c1-14(8-10-5-6-15-9-10)12-4-2-3-11(13)7-12/h2-4,7,10H,5-6,8-9,13H2,1H3. The second kappa shape index (κ2) is 4.53. The van der Waals surface area contributed by atoms with Crippen molar-refractivity contribution < 1.29 is 4.74 Å². The molecule has 2 N–H and O–H groups in total. The molecule has 1 atom stereocenters. The number of rotatable bonds is 3. The summed E-state index contributed by atoms with van der Waals surface area (Å²) in [4.78, 5) is 2.25. The molecular formula is C12H18N2O. The second-order valence-electron chi connectivity index (χ2n) is 4.21. The lowest BCUT2D eigenvalue weighted by atomic mass is 10.1. The van der Waals surface area contributed by atoms with Gasteiger partial charge in [-0.05, 0) is 24.6 Å². The fourth-order valence-electron chi connectivity index (χ4n) is 1.98. The number of ether oxygens (including phenoxy) is 1. The molecule has 1 aliphatic heterocycles. The van der Waals surface area contributed by atoms with Gasteiger partial charge < -0.3 is 15.4 Å². The normalized spacial score (nSPS) is 20.5. The highest BCUT2D eigenvalue weighted by Crippen LogP contribution is 2.20. The van der Waals surface area contributed by atoms with Gasteiger partial charge in [-0.1, -0.05) is 6.07 Å². The number of hydrogen-bond donors (Lipinski definition) is 1. The van der Waals surface area contributed by atoms with Crippen LogP contribution in [0.2, 0.25) is 0 Å². The Labute approximate surface area is 90.8 Å². The Hall–Kier alpha value is -1.22. The second-order valence-corrected chi connectivity index (χ2v) is 4.21. The summed E-state index contributed by atoms with van der Waals surface area (Å²) in [7, 11) is 2.10. The lowest BCUT2D eigenvalue weighted by Gasteiger charge is -2.22. The number of hydrogen-bond acceptors (Lipinski definition) is 3. The summed E-state index contributed by atoms with van der Waals surface area (Å²) in [5, 5.41) is 0. The molecule has 3 nitrogen and oxygen atoms in total. The minimum atomic E-state index is 0.663. The molecular weight excluding hydrogens is 188 g/mol. The first kappa shape index (κ1) is 10.3. The maximum absolute atomic E-state index is 5.75. The van der Waals surface area contributed by atoms with Crippen LogP contribution in [0, 0.1) is 5.92 Å². The van der Waals surface area contributed by atoms with Gasteiger partial charge in [0, 0.05) is 37.5 Å². The lowest BCUT2D eigenvalue weighted by molar-refractivity contribution is 0.186. The Morgan fingerprint density at radius 3 is 3.07 bits per heavy atom. The summed E-state index contributed by atoms with van der Waals surface area (Å²) in [6.07, 6.45) is 1.17. The van der Waals surface area contributed by atoms with Crippen LogP contribution < -0.4 is 10.6 Å². The van der Waals surface area contributed by atoms with Crippen molar-refractivity contribution in [1.29, 1.82) is 0 Å². The van der Waals surface area contributed by atoms with Crippen LogP contribution in [0.3, 0.4) is 0 Å². The molecule has 2 rings (SSSR count). The van der Waals surface area contributed by atoms with E-state index < -0.39 is 0 Å². The Bertz CT molecular complexity index is 321. The first-order valence-electron chi connectivity index (χ1n) is 5.40. The molecule has 1 aromatic carbocycles. The van der Waals surface area contributed by atoms with Gasteiger partial charge in [0.15, 0.2) is 0 Å². The summed E-state index contributed by atoms with van der Waals surface area (Å²) in [6.45, 7) is 2.85. The van der Waals surface area contributed by atoms with Crippen LogP contribution in [-0.4, -0.2) is 26.8 Å². The number of nitrogens with two attached hydrogens (primary N) is 1. The molecule has 1 aliphatic rings. The van der Waals surface area contributed by atoms with Crippen LogP contribution in [0.4, 0.5) is 11.4 Å². The monoisotopic (exact) mass is 206 g/mol. The molecule has 1 heterocycles. The van der Waals surface area contributed by atoms with E-state index >= 15 is 0 Å². The van der Waals surface area contributed by atoms with Crippen molar-refractivity contribution >= 4 is 11.4 Å². The third-order valence-corrected chi connectivity index (χ3v) is 2.87. The Balaban J connectivity index is 1.97. The lowest BCUT2D eigenvalue weighted by Crippen LogP contribution is -2.25. The van der Waals surface area contributed by atoms with Gasteiger partial charge in [0.25, 0.3) is 0 Å². The van der Waals surface area contributed by atoms with E-state index in [-0.39, 0.29) is 0 Å². The van der Waals surface area contributed by atoms with Crippen molar-refractivity contribution in [1.82, 2.24) is 0 Å². The van der Waals surface area contributed by atoms with Crippen molar-refractivity contribution in [3.63, 3.8) is 0 Å². The molecule has 0 aliphatic carbocycles. The van der Waals surface area contributed by atoms with E-state index in [4.69, 9.17) is 10.5 Å². The Morgan fingerprint density at radius 1 is 1.53 bits per heavy atom. The summed E-state index contributed by atoms with van der Waals surface area (Å²) < 4.78 is 5.37. The van der Waals surface area contributed by atoms with Gasteiger partial charge in [-0.3, -0.25) is 0 Å². The van der Waals surface area contributed by atoms with Gasteiger partial charge in [-0.2, -0.15) is 0 Å². The number of benzene rings is 1. The average Bonchev–Trinajstić information content (AvgIpc) is 2.70. The van der Waals surface area contributed by atoms with Crippen LogP contribution in [-0.2, 0) is 4.74 Å². The highest BCUT2D eigenvalue weighted by atomic mass is 16.5. The largest absolute Gasteiger partial charge is 0.399 e. The van der Waals surface area contributed by atoms with Crippen molar-refractivity contribution in [3.8, 4) is 0 Å². The molecule has 0 radical (unpaired) electrons. The molecule has 0 saturated carbocycles. The fourth-order valence-corrected chi connectivity index (χ4v) is 1.98. The molecule has 1 saturated heterocycles. The quantitative estimate of drug-likeness (QED) is 0.766. The van der Waals surface area contributed by atoms with Crippen LogP contribution in [0.15, 0.2) is 24.3 Å². The van der Waals surface area contributed by atoms with Gasteiger partial charge >= 0.3 is 0 Å². The van der Waals surface area contributed by atoms with Gasteiger partial charge in [-0.25, -0.2) is 0 Å². The van der Waals surface area contributed by atoms with Crippen LogP contribution >= 0.6 is 0 Å². The molecule has 0 amide bonds. The molecule has 1 unspecified atom stereocenters. The van der Waals surface area contributed by atoms with E-state index in [0.29, 0.717) is 5.92 Å². The summed E-state index contributed by atoms with van der Waals surface area (Å²) in [6, 6.07) is 8.00. The Morgan fingerprint density at radius 2 is 2.40 bits per heavy atom. The molecule has 3 heteroatoms. The molecule has 82 valence electrons. The van der Waals surface area contributed by atoms with Crippen LogP contribution in [0.25, 0.3) is 0 Å². The minimum absolute atomic E-state index is 0.663. The molecule has 0 aromatic heterocycles. The minimum Gasteiger partial charge on any atom is -0.399 e. The predicted octanol–water partition coefficient (Wildman–Crippen LogP) is 1.74. The highest BCUT2D eigenvalue weighted by molar-refractivity contribution is 5.55. The SMILES string of the molecule is CN(CC1CCOC1)c1cccc(N)c1. The summed E-state index contributed by atoms with van der Waals surface area (Å²) in [5.41, 5.74) is 7.76. The molecule has 1 aromatic rings. The van der Waals surface area contributed by atoms with Crippen LogP contribution in [0.5, 0.6) is 0 Å². The van der Waals surface area contributed by atoms with Gasteiger partial charge in [0.2, 0.25) is 0 Å². The molecule has 0 spiro atoms. The maximum atomic E-state index is 5.75. The van der Waals surface area contributed by atoms with Gasteiger partial charge in [-0.15, -0.1) is 0 Å². The van der Waals surface area contributed by atoms with Gasteiger partial charge in [0.1, 0.15) is 0 Å². The summed E-state index contributed by atoms with van der Waals surface area (Å²) >= 11 is 0. The highest BCUT2D eigenvalue weighted by Gasteiger charge is 2.17. The topological polar surface area (TPSA) is 38.5 Å². The van der Waals surface area contributed by atoms with E-state index in [1.165, 1.54) is 12.1 Å². The number of nitrogens with zero attached hydrogens (tertiary/aromatic N) is 1. The van der Waals surface area contributed by atoms with Crippen molar-refractivity contribution in [2.75, 3.05) is 37.4 Å². The van der Waals surface area contributed by atoms with E-state index in [0.717, 1.165) is 25.4 Å². The molecule has 0 bridgehead atoms. The third kappa shape index (κ3) is 2.63. The Kier molecular flexibility index (Phi) is 3.11. The molecule has 15 heavy (non-hydrogen) atoms. The van der Waals surface area contributed by atoms with E-state index in [1.54, 1.807) is 0 Å². The summed E-state index contributed by atoms with van der Waals surface area (Å²) in [5.74, 6) is 0.663. The number of nitrogen functional groups attached to an aromatic ring is 1. The van der Waals surface area contributed by atoms with Crippen molar-refractivity contribution in [2.45, 2.75) is 6.42 Å². The molecule has 1 fully saturated rings. The van der Waals surface area contributed by atoms with Crippen LogP contribution in [0.1, 0.15) is 6.42 Å².